The maximum atomic E-state index is 12.4. The Morgan fingerprint density at radius 3 is 2.67 bits per heavy atom. The van der Waals surface area contributed by atoms with Crippen molar-refractivity contribution in [2.75, 3.05) is 13.6 Å². The smallest absolute Gasteiger partial charge is 0.246 e. The summed E-state index contributed by atoms with van der Waals surface area (Å²) in [6, 6.07) is 0. The molecule has 0 radical (unpaired) electrons. The number of hydrogen-bond acceptors (Lipinski definition) is 2. The maximum absolute atomic E-state index is 12.4. The minimum absolute atomic E-state index is 0.101. The molecule has 0 N–H and O–H groups in total. The van der Waals surface area contributed by atoms with Gasteiger partial charge < -0.3 is 4.90 Å². The average molecular weight is 327 g/mol. The molecule has 6 atom stereocenters. The molecule has 1 unspecified atom stereocenters. The lowest BCUT2D eigenvalue weighted by molar-refractivity contribution is -0.130. The molecule has 1 aliphatic heterocycles. The molecule has 24 heavy (non-hydrogen) atoms. The number of hydrogen-bond donors (Lipinski definition) is 0. The topological polar surface area (TPSA) is 37.4 Å². The highest BCUT2D eigenvalue weighted by atomic mass is 16.2. The highest BCUT2D eigenvalue weighted by Gasteiger charge is 2.58. The third-order valence-corrected chi connectivity index (χ3v) is 7.96. The summed E-state index contributed by atoms with van der Waals surface area (Å²) in [5.74, 6) is 2.48. The van der Waals surface area contributed by atoms with E-state index in [0.717, 1.165) is 32.2 Å². The van der Waals surface area contributed by atoms with Gasteiger partial charge in [0, 0.05) is 25.1 Å². The number of ketones is 1. The van der Waals surface area contributed by atoms with Crippen molar-refractivity contribution < 1.29 is 9.59 Å². The molecule has 0 bridgehead atoms. The highest BCUT2D eigenvalue weighted by Crippen LogP contribution is 2.63. The molecular weight excluding hydrogens is 298 g/mol. The Kier molecular flexibility index (Phi) is 3.40. The van der Waals surface area contributed by atoms with Crippen molar-refractivity contribution in [1.82, 2.24) is 4.90 Å². The van der Waals surface area contributed by atoms with E-state index < -0.39 is 0 Å². The van der Waals surface area contributed by atoms with Crippen LogP contribution in [0.2, 0.25) is 0 Å². The molecule has 4 rings (SSSR count). The number of fused-ring (bicyclic) bond motifs is 5. The van der Waals surface area contributed by atoms with Gasteiger partial charge in [0.25, 0.3) is 0 Å². The Bertz CT molecular complexity index is 663. The highest BCUT2D eigenvalue weighted by molar-refractivity contribution is 5.97. The van der Waals surface area contributed by atoms with Gasteiger partial charge in [-0.15, -0.1) is 0 Å². The summed E-state index contributed by atoms with van der Waals surface area (Å²) in [6.07, 6.45) is 10.3. The molecule has 0 aromatic rings. The van der Waals surface area contributed by atoms with Crippen molar-refractivity contribution >= 4 is 11.7 Å². The first kappa shape index (κ1) is 16.1. The maximum Gasteiger partial charge on any atom is 0.246 e. The number of carbonyl (C=O) groups is 2. The van der Waals surface area contributed by atoms with Crippen molar-refractivity contribution in [2.24, 2.45) is 34.5 Å². The fourth-order valence-corrected chi connectivity index (χ4v) is 6.39. The van der Waals surface area contributed by atoms with Gasteiger partial charge in [-0.3, -0.25) is 9.59 Å². The van der Waals surface area contributed by atoms with Crippen LogP contribution in [-0.4, -0.2) is 30.2 Å². The van der Waals surface area contributed by atoms with E-state index in [9.17, 15) is 9.59 Å². The van der Waals surface area contributed by atoms with Gasteiger partial charge in [-0.05, 0) is 60.8 Å². The number of allylic oxidation sites excluding steroid dienone is 3. The molecule has 0 spiro atoms. The van der Waals surface area contributed by atoms with E-state index in [1.54, 1.807) is 0 Å². The van der Waals surface area contributed by atoms with Gasteiger partial charge in [0.15, 0.2) is 5.78 Å². The molecular formula is C21H29NO2. The molecule has 3 aliphatic carbocycles. The van der Waals surface area contributed by atoms with Crippen LogP contribution in [0.3, 0.4) is 0 Å². The number of likely N-dealkylation sites (N-methyl/N-ethyl adjacent to an activating group) is 1. The summed E-state index contributed by atoms with van der Waals surface area (Å²) >= 11 is 0. The first-order valence-corrected chi connectivity index (χ1v) is 9.47. The normalized spacial score (nSPS) is 47.7. The van der Waals surface area contributed by atoms with Gasteiger partial charge in [-0.25, -0.2) is 0 Å². The van der Waals surface area contributed by atoms with Crippen LogP contribution in [0.15, 0.2) is 23.8 Å². The number of carbonyl (C=O) groups excluding carboxylic acids is 2. The van der Waals surface area contributed by atoms with E-state index in [4.69, 9.17) is 0 Å². The van der Waals surface area contributed by atoms with Gasteiger partial charge in [-0.1, -0.05) is 32.4 Å². The summed E-state index contributed by atoms with van der Waals surface area (Å²) in [7, 11) is 1.92. The van der Waals surface area contributed by atoms with E-state index >= 15 is 0 Å². The SMILES string of the molecule is CC1C[C@@H]2[C@H](CC[C@]3(C)C(=O)C=C[C@@H]23)[C@@]2(C)CCN(C)C(=O)C=C12. The monoisotopic (exact) mass is 327 g/mol. The molecule has 0 saturated heterocycles. The quantitative estimate of drug-likeness (QED) is 0.681. The van der Waals surface area contributed by atoms with Gasteiger partial charge >= 0.3 is 0 Å². The molecule has 2 saturated carbocycles. The van der Waals surface area contributed by atoms with Gasteiger partial charge in [-0.2, -0.15) is 0 Å². The van der Waals surface area contributed by atoms with Crippen LogP contribution in [-0.2, 0) is 9.59 Å². The number of nitrogens with zero attached hydrogens (tertiary/aromatic N) is 1. The Morgan fingerprint density at radius 1 is 1.17 bits per heavy atom. The first-order chi connectivity index (χ1) is 11.3. The van der Waals surface area contributed by atoms with E-state index in [0.29, 0.717) is 29.5 Å². The van der Waals surface area contributed by atoms with E-state index in [-0.39, 0.29) is 16.7 Å². The van der Waals surface area contributed by atoms with Crippen LogP contribution in [0.1, 0.15) is 46.5 Å². The van der Waals surface area contributed by atoms with Crippen LogP contribution in [0.4, 0.5) is 0 Å². The first-order valence-electron chi connectivity index (χ1n) is 9.47. The Labute approximate surface area is 145 Å². The predicted octanol–water partition coefficient (Wildman–Crippen LogP) is 3.61. The fraction of sp³-hybridized carbons (Fsp3) is 0.714. The van der Waals surface area contributed by atoms with Crippen molar-refractivity contribution in [3.63, 3.8) is 0 Å². The summed E-state index contributed by atoms with van der Waals surface area (Å²) < 4.78 is 0. The third-order valence-electron chi connectivity index (χ3n) is 7.96. The Morgan fingerprint density at radius 2 is 1.92 bits per heavy atom. The Hall–Kier alpha value is -1.38. The second-order valence-electron chi connectivity index (χ2n) is 9.14. The molecule has 1 heterocycles. The minimum atomic E-state index is -0.171. The molecule has 4 aliphatic rings. The van der Waals surface area contributed by atoms with Crippen LogP contribution < -0.4 is 0 Å². The van der Waals surface area contributed by atoms with Gasteiger partial charge in [0.05, 0.1) is 0 Å². The van der Waals surface area contributed by atoms with E-state index in [2.05, 4.69) is 26.8 Å². The lowest BCUT2D eigenvalue weighted by Gasteiger charge is -2.57. The van der Waals surface area contributed by atoms with E-state index in [1.807, 2.05) is 24.1 Å². The molecule has 1 amide bonds. The van der Waals surface area contributed by atoms with E-state index in [1.165, 1.54) is 5.57 Å². The molecule has 2 fully saturated rings. The Balaban J connectivity index is 1.76. The van der Waals surface area contributed by atoms with Crippen LogP contribution in [0.5, 0.6) is 0 Å². The zero-order chi connectivity index (χ0) is 17.3. The molecule has 0 aromatic carbocycles. The predicted molar refractivity (Wildman–Crippen MR) is 94.2 cm³/mol. The van der Waals surface area contributed by atoms with Crippen molar-refractivity contribution in [2.45, 2.75) is 46.5 Å². The fourth-order valence-electron chi connectivity index (χ4n) is 6.39. The second-order valence-corrected chi connectivity index (χ2v) is 9.14. The molecule has 3 heteroatoms. The third kappa shape index (κ3) is 1.96. The van der Waals surface area contributed by atoms with Crippen LogP contribution >= 0.6 is 0 Å². The summed E-state index contributed by atoms with van der Waals surface area (Å²) in [4.78, 5) is 26.7. The van der Waals surface area contributed by atoms with Crippen LogP contribution in [0, 0.1) is 34.5 Å². The largest absolute Gasteiger partial charge is 0.342 e. The number of amides is 1. The minimum Gasteiger partial charge on any atom is -0.342 e. The summed E-state index contributed by atoms with van der Waals surface area (Å²) in [5.41, 5.74) is 1.30. The molecule has 0 aromatic heterocycles. The van der Waals surface area contributed by atoms with Crippen molar-refractivity contribution in [1.29, 1.82) is 0 Å². The van der Waals surface area contributed by atoms with Gasteiger partial charge in [0.1, 0.15) is 0 Å². The van der Waals surface area contributed by atoms with Crippen molar-refractivity contribution in [3.8, 4) is 0 Å². The standard InChI is InChI=1S/C21H29NO2/c1-13-11-14-15-5-6-18(23)21(15,3)8-7-16(14)20(2)9-10-22(4)19(24)12-17(13)20/h5-6,12-16H,7-11H2,1-4H3/t13?,14-,15-,16-,20+,21-/m0/s1. The lowest BCUT2D eigenvalue weighted by atomic mass is 9.47. The number of rotatable bonds is 0. The summed E-state index contributed by atoms with van der Waals surface area (Å²) in [6.45, 7) is 7.69. The zero-order valence-corrected chi connectivity index (χ0v) is 15.3. The van der Waals surface area contributed by atoms with Crippen molar-refractivity contribution in [3.05, 3.63) is 23.8 Å². The molecule has 3 nitrogen and oxygen atoms in total. The lowest BCUT2D eigenvalue weighted by Crippen LogP contribution is -2.51. The zero-order valence-electron chi connectivity index (χ0n) is 15.3. The second kappa shape index (κ2) is 5.06. The van der Waals surface area contributed by atoms with Crippen LogP contribution in [0.25, 0.3) is 0 Å². The molecule has 130 valence electrons. The average Bonchev–Trinajstić information content (AvgIpc) is 2.78. The van der Waals surface area contributed by atoms with Gasteiger partial charge in [0.2, 0.25) is 5.91 Å². The summed E-state index contributed by atoms with van der Waals surface area (Å²) in [5, 5.41) is 0.